The van der Waals surface area contributed by atoms with Gasteiger partial charge in [0.25, 0.3) is 11.9 Å². The molecule has 4 fully saturated rings. The Morgan fingerprint density at radius 1 is 1.21 bits per heavy atom. The molecule has 3 aliphatic heterocycles. The maximum Gasteiger partial charge on any atom is 0.298 e. The second-order valence-electron chi connectivity index (χ2n) is 9.31. The highest BCUT2D eigenvalue weighted by molar-refractivity contribution is 6.05. The molecule has 29 heavy (non-hydrogen) atoms. The molecule has 6 rings (SSSR count). The van der Waals surface area contributed by atoms with E-state index in [2.05, 4.69) is 27.1 Å². The minimum Gasteiger partial charge on any atom is -0.423 e. The molecular formula is C22H29N5O2. The predicted molar refractivity (Wildman–Crippen MR) is 111 cm³/mol. The van der Waals surface area contributed by atoms with Crippen molar-refractivity contribution in [1.29, 1.82) is 0 Å². The van der Waals surface area contributed by atoms with E-state index in [1.54, 1.807) is 0 Å². The lowest BCUT2D eigenvalue weighted by atomic mass is 9.58. The van der Waals surface area contributed by atoms with E-state index in [0.717, 1.165) is 39.0 Å². The number of rotatable bonds is 3. The molecule has 1 spiro atoms. The van der Waals surface area contributed by atoms with Crippen LogP contribution in [0.5, 0.6) is 0 Å². The van der Waals surface area contributed by atoms with Crippen LogP contribution in [0, 0.1) is 5.92 Å². The van der Waals surface area contributed by atoms with E-state index in [9.17, 15) is 4.79 Å². The van der Waals surface area contributed by atoms with E-state index in [-0.39, 0.29) is 5.91 Å². The second kappa shape index (κ2) is 6.44. The third-order valence-corrected chi connectivity index (χ3v) is 7.86. The average Bonchev–Trinajstić information content (AvgIpc) is 3.10. The summed E-state index contributed by atoms with van der Waals surface area (Å²) in [7, 11) is 2.15. The van der Waals surface area contributed by atoms with Crippen molar-refractivity contribution < 1.29 is 9.21 Å². The first-order chi connectivity index (χ1) is 14.1. The standard InChI is InChI=1S/C22H29N5O2/c1-25-8-3-9-26(13-12-25)21-24-19-15(4-2-5-18(19)29-21)20(28)23-17-14-22-7-11-27(22)10-6-16(17)22/h2,4-5,16-17H,3,6-14H2,1H3,(H,23,28). The molecule has 0 radical (unpaired) electrons. The Balaban J connectivity index is 1.22. The molecule has 4 aliphatic rings. The second-order valence-corrected chi connectivity index (χ2v) is 9.31. The number of carbonyl (C=O) groups is 1. The number of hydrogen-bond acceptors (Lipinski definition) is 6. The monoisotopic (exact) mass is 395 g/mol. The first-order valence-corrected chi connectivity index (χ1v) is 11.0. The topological polar surface area (TPSA) is 64.8 Å². The van der Waals surface area contributed by atoms with Crippen molar-refractivity contribution >= 4 is 23.0 Å². The normalized spacial score (nSPS) is 32.2. The highest BCUT2D eigenvalue weighted by Crippen LogP contribution is 2.57. The lowest BCUT2D eigenvalue weighted by Gasteiger charge is -2.61. The summed E-state index contributed by atoms with van der Waals surface area (Å²) in [4.78, 5) is 25.0. The van der Waals surface area contributed by atoms with Gasteiger partial charge in [0.05, 0.1) is 5.56 Å². The summed E-state index contributed by atoms with van der Waals surface area (Å²) in [5, 5.41) is 3.31. The van der Waals surface area contributed by atoms with Gasteiger partial charge in [-0.25, -0.2) is 0 Å². The summed E-state index contributed by atoms with van der Waals surface area (Å²) < 4.78 is 6.05. The summed E-state index contributed by atoms with van der Waals surface area (Å²) in [5.41, 5.74) is 2.43. The summed E-state index contributed by atoms with van der Waals surface area (Å²) in [6, 6.07) is 6.62. The van der Waals surface area contributed by atoms with Gasteiger partial charge in [-0.05, 0) is 63.9 Å². The number of aromatic nitrogens is 1. The zero-order valence-corrected chi connectivity index (χ0v) is 17.1. The number of hydrogen-bond donors (Lipinski definition) is 1. The Morgan fingerprint density at radius 2 is 2.14 bits per heavy atom. The molecule has 1 N–H and O–H groups in total. The van der Waals surface area contributed by atoms with Crippen LogP contribution < -0.4 is 10.2 Å². The van der Waals surface area contributed by atoms with Gasteiger partial charge < -0.3 is 19.5 Å². The van der Waals surface area contributed by atoms with Crippen molar-refractivity contribution in [1.82, 2.24) is 20.1 Å². The molecule has 3 atom stereocenters. The molecule has 4 heterocycles. The maximum absolute atomic E-state index is 13.1. The van der Waals surface area contributed by atoms with Gasteiger partial charge in [-0.3, -0.25) is 9.69 Å². The average molecular weight is 396 g/mol. The number of nitrogens with one attached hydrogen (secondary N) is 1. The van der Waals surface area contributed by atoms with E-state index in [0.29, 0.717) is 40.2 Å². The van der Waals surface area contributed by atoms with Crippen LogP contribution in [0.15, 0.2) is 22.6 Å². The van der Waals surface area contributed by atoms with Gasteiger partial charge in [0, 0.05) is 37.8 Å². The minimum atomic E-state index is -0.0105. The summed E-state index contributed by atoms with van der Waals surface area (Å²) in [6.45, 7) is 6.35. The maximum atomic E-state index is 13.1. The van der Waals surface area contributed by atoms with Gasteiger partial charge in [0.2, 0.25) is 0 Å². The van der Waals surface area contributed by atoms with Crippen LogP contribution in [0.25, 0.3) is 11.1 Å². The summed E-state index contributed by atoms with van der Waals surface area (Å²) in [6.07, 6.45) is 4.71. The minimum absolute atomic E-state index is 0.0105. The molecule has 3 saturated heterocycles. The number of benzene rings is 1. The van der Waals surface area contributed by atoms with Crippen LogP contribution in [-0.2, 0) is 0 Å². The molecule has 2 aromatic rings. The molecule has 1 aromatic heterocycles. The highest BCUT2D eigenvalue weighted by Gasteiger charge is 2.64. The number of anilines is 1. The first kappa shape index (κ1) is 17.7. The Morgan fingerprint density at radius 3 is 3.00 bits per heavy atom. The molecule has 1 aromatic carbocycles. The zero-order valence-electron chi connectivity index (χ0n) is 17.1. The first-order valence-electron chi connectivity index (χ1n) is 11.0. The van der Waals surface area contributed by atoms with Gasteiger partial charge in [-0.2, -0.15) is 4.98 Å². The number of amides is 1. The Labute approximate surface area is 171 Å². The quantitative estimate of drug-likeness (QED) is 0.857. The fourth-order valence-corrected chi connectivity index (χ4v) is 6.09. The van der Waals surface area contributed by atoms with E-state index in [1.165, 1.54) is 25.9 Å². The van der Waals surface area contributed by atoms with E-state index < -0.39 is 0 Å². The molecule has 1 amide bonds. The van der Waals surface area contributed by atoms with Gasteiger partial charge >= 0.3 is 0 Å². The Bertz CT molecular complexity index is 958. The SMILES string of the molecule is CN1CCCN(c2nc3c(C(=O)NC4CC56CCN5CCC46)cccc3o2)CC1. The lowest BCUT2D eigenvalue weighted by molar-refractivity contribution is -0.0859. The van der Waals surface area contributed by atoms with Crippen LogP contribution >= 0.6 is 0 Å². The number of fused-ring (bicyclic) bond motifs is 1. The predicted octanol–water partition coefficient (Wildman–Crippen LogP) is 1.94. The number of likely N-dealkylation sites (N-methyl/N-ethyl adjacent to an activating group) is 1. The zero-order chi connectivity index (χ0) is 19.6. The van der Waals surface area contributed by atoms with Crippen molar-refractivity contribution in [3.05, 3.63) is 23.8 Å². The van der Waals surface area contributed by atoms with Crippen molar-refractivity contribution in [2.75, 3.05) is 51.2 Å². The molecule has 3 unspecified atom stereocenters. The molecular weight excluding hydrogens is 366 g/mol. The van der Waals surface area contributed by atoms with Gasteiger partial charge in [0.1, 0.15) is 5.52 Å². The van der Waals surface area contributed by atoms with Crippen LogP contribution in [0.1, 0.15) is 36.0 Å². The molecule has 7 heteroatoms. The van der Waals surface area contributed by atoms with Crippen LogP contribution in [0.4, 0.5) is 6.01 Å². The van der Waals surface area contributed by atoms with Crippen LogP contribution in [0.2, 0.25) is 0 Å². The molecule has 1 aliphatic carbocycles. The largest absolute Gasteiger partial charge is 0.423 e. The molecule has 0 bridgehead atoms. The smallest absolute Gasteiger partial charge is 0.298 e. The van der Waals surface area contributed by atoms with Crippen molar-refractivity contribution in [3.8, 4) is 0 Å². The van der Waals surface area contributed by atoms with Gasteiger partial charge in [0.15, 0.2) is 5.58 Å². The number of oxazole rings is 1. The van der Waals surface area contributed by atoms with E-state index in [1.807, 2.05) is 18.2 Å². The van der Waals surface area contributed by atoms with E-state index >= 15 is 0 Å². The number of para-hydroxylation sites is 1. The van der Waals surface area contributed by atoms with Crippen LogP contribution in [0.3, 0.4) is 0 Å². The Kier molecular flexibility index (Phi) is 3.93. The lowest BCUT2D eigenvalue weighted by Crippen LogP contribution is -2.72. The number of carbonyl (C=O) groups excluding carboxylic acids is 1. The van der Waals surface area contributed by atoms with Crippen LogP contribution in [-0.4, -0.2) is 78.6 Å². The van der Waals surface area contributed by atoms with Gasteiger partial charge in [-0.1, -0.05) is 6.07 Å². The van der Waals surface area contributed by atoms with Crippen molar-refractivity contribution in [2.24, 2.45) is 5.92 Å². The Hall–Kier alpha value is -2.12. The molecule has 154 valence electrons. The summed E-state index contributed by atoms with van der Waals surface area (Å²) in [5.74, 6) is 0.616. The van der Waals surface area contributed by atoms with Gasteiger partial charge in [-0.15, -0.1) is 0 Å². The van der Waals surface area contributed by atoms with E-state index in [4.69, 9.17) is 9.40 Å². The van der Waals surface area contributed by atoms with Crippen molar-refractivity contribution in [2.45, 2.75) is 37.3 Å². The third-order valence-electron chi connectivity index (χ3n) is 7.86. The fraction of sp³-hybridized carbons (Fsp3) is 0.636. The third kappa shape index (κ3) is 2.63. The molecule has 1 saturated carbocycles. The summed E-state index contributed by atoms with van der Waals surface area (Å²) >= 11 is 0. The van der Waals surface area contributed by atoms with Crippen molar-refractivity contribution in [3.63, 3.8) is 0 Å². The fourth-order valence-electron chi connectivity index (χ4n) is 6.09. The highest BCUT2D eigenvalue weighted by atomic mass is 16.4. The molecule has 7 nitrogen and oxygen atoms in total. The number of nitrogens with zero attached hydrogens (tertiary/aromatic N) is 4.